The molecule has 3 amide bonds. The summed E-state index contributed by atoms with van der Waals surface area (Å²) in [4.78, 5) is 40.0. The number of hydrogen-bond donors (Lipinski definition) is 0. The Morgan fingerprint density at radius 1 is 1.12 bits per heavy atom. The van der Waals surface area contributed by atoms with Gasteiger partial charge in [0.15, 0.2) is 6.61 Å². The molecule has 138 valence electrons. The van der Waals surface area contributed by atoms with E-state index in [-0.39, 0.29) is 30.6 Å². The summed E-state index contributed by atoms with van der Waals surface area (Å²) in [6.45, 7) is 3.46. The van der Waals surface area contributed by atoms with Gasteiger partial charge in [-0.2, -0.15) is 0 Å². The number of rotatable bonds is 5. The number of benzene rings is 1. The third-order valence-electron chi connectivity index (χ3n) is 4.94. The molecule has 8 heteroatoms. The van der Waals surface area contributed by atoms with Crippen molar-refractivity contribution in [3.8, 4) is 0 Å². The summed E-state index contributed by atoms with van der Waals surface area (Å²) in [7, 11) is 0. The van der Waals surface area contributed by atoms with Crippen LogP contribution in [0.2, 0.25) is 0 Å². The molecule has 4 rings (SSSR count). The van der Waals surface area contributed by atoms with E-state index in [1.807, 2.05) is 18.2 Å². The van der Waals surface area contributed by atoms with Crippen LogP contribution in [0, 0.1) is 5.92 Å². The van der Waals surface area contributed by atoms with Crippen molar-refractivity contribution in [2.24, 2.45) is 5.92 Å². The number of nitrogens with zero attached hydrogens (tertiary/aromatic N) is 3. The fourth-order valence-electron chi connectivity index (χ4n) is 3.43. The predicted octanol–water partition coefficient (Wildman–Crippen LogP) is 0.918. The van der Waals surface area contributed by atoms with Gasteiger partial charge in [0.05, 0.1) is 0 Å². The number of hydrogen-bond acceptors (Lipinski definition) is 6. The average Bonchev–Trinajstić information content (AvgIpc) is 2.88. The lowest BCUT2D eigenvalue weighted by Crippen LogP contribution is -2.58. The van der Waals surface area contributed by atoms with Crippen molar-refractivity contribution < 1.29 is 23.9 Å². The van der Waals surface area contributed by atoms with Gasteiger partial charge in [0.2, 0.25) is 0 Å². The number of carbonyl (C=O) groups excluding carboxylic acids is 3. The van der Waals surface area contributed by atoms with Gasteiger partial charge in [-0.3, -0.25) is 9.69 Å². The van der Waals surface area contributed by atoms with Crippen LogP contribution in [0.15, 0.2) is 30.3 Å². The second-order valence-corrected chi connectivity index (χ2v) is 7.02. The van der Waals surface area contributed by atoms with Crippen LogP contribution in [0.4, 0.5) is 9.59 Å². The van der Waals surface area contributed by atoms with Gasteiger partial charge in [0.1, 0.15) is 6.10 Å². The molecule has 3 saturated heterocycles. The molecule has 3 aliphatic rings. The smallest absolute Gasteiger partial charge is 0.417 e. The van der Waals surface area contributed by atoms with Crippen LogP contribution in [0.5, 0.6) is 0 Å². The molecule has 3 heterocycles. The van der Waals surface area contributed by atoms with Gasteiger partial charge in [-0.15, -0.1) is 0 Å². The van der Waals surface area contributed by atoms with Crippen molar-refractivity contribution >= 4 is 18.1 Å². The zero-order valence-corrected chi connectivity index (χ0v) is 14.4. The number of carbonyl (C=O) groups is 3. The lowest BCUT2D eigenvalue weighted by atomic mass is 10.0. The van der Waals surface area contributed by atoms with Crippen molar-refractivity contribution in [2.75, 3.05) is 39.3 Å². The van der Waals surface area contributed by atoms with Crippen molar-refractivity contribution in [3.05, 3.63) is 35.9 Å². The van der Waals surface area contributed by atoms with Crippen LogP contribution in [0.25, 0.3) is 0 Å². The van der Waals surface area contributed by atoms with Crippen LogP contribution in [-0.4, -0.2) is 78.2 Å². The van der Waals surface area contributed by atoms with E-state index in [4.69, 9.17) is 4.74 Å². The molecule has 8 nitrogen and oxygen atoms in total. The molecule has 0 unspecified atom stereocenters. The van der Waals surface area contributed by atoms with Gasteiger partial charge in [-0.05, 0) is 5.56 Å². The summed E-state index contributed by atoms with van der Waals surface area (Å²) < 4.78 is 10.2. The highest BCUT2D eigenvalue weighted by Crippen LogP contribution is 2.22. The molecule has 1 aromatic carbocycles. The van der Waals surface area contributed by atoms with E-state index < -0.39 is 6.09 Å². The minimum absolute atomic E-state index is 0.0691. The molecule has 0 N–H and O–H groups in total. The predicted molar refractivity (Wildman–Crippen MR) is 90.1 cm³/mol. The molecule has 3 fully saturated rings. The minimum atomic E-state index is -0.594. The summed E-state index contributed by atoms with van der Waals surface area (Å²) in [6, 6.07) is 10.2. The monoisotopic (exact) mass is 359 g/mol. The molecule has 0 aromatic heterocycles. The van der Waals surface area contributed by atoms with Crippen molar-refractivity contribution in [2.45, 2.75) is 12.6 Å². The van der Waals surface area contributed by atoms with Crippen LogP contribution in [0.1, 0.15) is 5.56 Å². The fourth-order valence-corrected chi connectivity index (χ4v) is 3.43. The van der Waals surface area contributed by atoms with Gasteiger partial charge in [-0.25, -0.2) is 14.5 Å². The van der Waals surface area contributed by atoms with E-state index in [2.05, 4.69) is 21.8 Å². The lowest BCUT2D eigenvalue weighted by Gasteiger charge is -2.43. The average molecular weight is 359 g/mol. The van der Waals surface area contributed by atoms with Crippen LogP contribution in [-0.2, 0) is 20.8 Å². The van der Waals surface area contributed by atoms with Crippen LogP contribution in [0.3, 0.4) is 0 Å². The summed E-state index contributed by atoms with van der Waals surface area (Å²) >= 11 is 0. The summed E-state index contributed by atoms with van der Waals surface area (Å²) in [6.07, 6.45) is -0.981. The quantitative estimate of drug-likeness (QED) is 0.778. The molecular weight excluding hydrogens is 338 g/mol. The number of cyclic esters (lactones) is 1. The van der Waals surface area contributed by atoms with E-state index in [1.54, 1.807) is 4.90 Å². The number of ether oxygens (including phenoxy) is 2. The SMILES string of the molecule is O=C(OC1CN(Cc2ccccc2)C1)N1CC(CN2C(=O)COC2=O)C1. The van der Waals surface area contributed by atoms with Crippen molar-refractivity contribution in [1.82, 2.24) is 14.7 Å². The highest BCUT2D eigenvalue weighted by molar-refractivity contribution is 5.97. The third kappa shape index (κ3) is 3.50. The molecule has 0 atom stereocenters. The molecule has 0 spiro atoms. The van der Waals surface area contributed by atoms with Gasteiger partial charge in [0, 0.05) is 45.2 Å². The van der Waals surface area contributed by atoms with Gasteiger partial charge < -0.3 is 14.4 Å². The molecule has 1 aromatic rings. The fraction of sp³-hybridized carbons (Fsp3) is 0.500. The first-order valence-corrected chi connectivity index (χ1v) is 8.77. The van der Waals surface area contributed by atoms with Gasteiger partial charge >= 0.3 is 12.2 Å². The summed E-state index contributed by atoms with van der Waals surface area (Å²) in [5.74, 6) is -0.225. The molecule has 3 aliphatic heterocycles. The lowest BCUT2D eigenvalue weighted by molar-refractivity contribution is -0.126. The molecule has 0 aliphatic carbocycles. The minimum Gasteiger partial charge on any atom is -0.443 e. The molecule has 26 heavy (non-hydrogen) atoms. The topological polar surface area (TPSA) is 79.4 Å². The number of imide groups is 1. The maximum Gasteiger partial charge on any atom is 0.417 e. The van der Waals surface area contributed by atoms with Crippen LogP contribution < -0.4 is 0 Å². The Morgan fingerprint density at radius 3 is 2.50 bits per heavy atom. The van der Waals surface area contributed by atoms with Crippen LogP contribution >= 0.6 is 0 Å². The second kappa shape index (κ2) is 6.95. The maximum atomic E-state index is 12.1. The van der Waals surface area contributed by atoms with E-state index in [0.717, 1.165) is 24.5 Å². The van der Waals surface area contributed by atoms with Crippen molar-refractivity contribution in [1.29, 1.82) is 0 Å². The van der Waals surface area contributed by atoms with E-state index in [9.17, 15) is 14.4 Å². The Balaban J connectivity index is 1.14. The summed E-state index contributed by atoms with van der Waals surface area (Å²) in [5.41, 5.74) is 1.25. The number of amides is 3. The maximum absolute atomic E-state index is 12.1. The highest BCUT2D eigenvalue weighted by Gasteiger charge is 2.40. The first-order chi connectivity index (χ1) is 12.6. The zero-order valence-electron chi connectivity index (χ0n) is 14.4. The van der Waals surface area contributed by atoms with E-state index >= 15 is 0 Å². The number of likely N-dealkylation sites (tertiary alicyclic amines) is 2. The first-order valence-electron chi connectivity index (χ1n) is 8.77. The summed E-state index contributed by atoms with van der Waals surface area (Å²) in [5, 5.41) is 0. The molecule has 0 radical (unpaired) electrons. The standard InChI is InChI=1S/C18H21N3O5/c22-16-12-25-18(24)21(16)9-14-7-20(8-14)17(23)26-15-10-19(11-15)6-13-4-2-1-3-5-13/h1-5,14-15H,6-12H2. The largest absolute Gasteiger partial charge is 0.443 e. The Hall–Kier alpha value is -2.61. The van der Waals surface area contributed by atoms with Crippen molar-refractivity contribution in [3.63, 3.8) is 0 Å². The Bertz CT molecular complexity index is 682. The zero-order chi connectivity index (χ0) is 18.1. The van der Waals surface area contributed by atoms with E-state index in [1.165, 1.54) is 5.56 Å². The van der Waals surface area contributed by atoms with E-state index in [0.29, 0.717) is 19.6 Å². The molecule has 0 bridgehead atoms. The third-order valence-corrected chi connectivity index (χ3v) is 4.94. The van der Waals surface area contributed by atoms with Gasteiger partial charge in [-0.1, -0.05) is 30.3 Å². The normalized spacial score (nSPS) is 21.4. The second-order valence-electron chi connectivity index (χ2n) is 7.02. The van der Waals surface area contributed by atoms with Gasteiger partial charge in [0.25, 0.3) is 5.91 Å². The molecule has 0 saturated carbocycles. The molecular formula is C18H21N3O5. The Kier molecular flexibility index (Phi) is 4.50. The highest BCUT2D eigenvalue weighted by atomic mass is 16.6. The Labute approximate surface area is 151 Å². The Morgan fingerprint density at radius 2 is 1.85 bits per heavy atom. The first kappa shape index (κ1) is 16.8.